The fourth-order valence-electron chi connectivity index (χ4n) is 6.12. The highest BCUT2D eigenvalue weighted by molar-refractivity contribution is 5.46. The topological polar surface area (TPSA) is 18.5 Å². The van der Waals surface area contributed by atoms with Gasteiger partial charge in [0.05, 0.1) is 14.2 Å². The van der Waals surface area contributed by atoms with Crippen LogP contribution in [0.3, 0.4) is 0 Å². The molecular weight excluding hydrogens is 411 g/mol. The van der Waals surface area contributed by atoms with Crippen molar-refractivity contribution < 1.29 is 13.9 Å². The number of fused-ring (bicyclic) bond motifs is 1. The van der Waals surface area contributed by atoms with Gasteiger partial charge in [0.1, 0.15) is 17.3 Å². The van der Waals surface area contributed by atoms with Crippen molar-refractivity contribution in [1.82, 2.24) is 0 Å². The molecule has 0 bridgehead atoms. The summed E-state index contributed by atoms with van der Waals surface area (Å²) in [6.45, 7) is 4.63. The number of hydrogen-bond acceptors (Lipinski definition) is 2. The largest absolute Gasteiger partial charge is 0.497 e. The number of ether oxygens (including phenoxy) is 2. The molecule has 0 saturated carbocycles. The third-order valence-corrected chi connectivity index (χ3v) is 7.79. The molecule has 0 amide bonds. The molecule has 1 aliphatic rings. The van der Waals surface area contributed by atoms with E-state index in [9.17, 15) is 4.39 Å². The Bertz CT molecular complexity index is 1060. The summed E-state index contributed by atoms with van der Waals surface area (Å²) < 4.78 is 24.7. The lowest BCUT2D eigenvalue weighted by atomic mass is 9.52. The highest BCUT2D eigenvalue weighted by Gasteiger charge is 2.48. The van der Waals surface area contributed by atoms with Crippen molar-refractivity contribution in [3.05, 3.63) is 94.8 Å². The van der Waals surface area contributed by atoms with Crippen LogP contribution in [-0.4, -0.2) is 14.2 Å². The second-order valence-corrected chi connectivity index (χ2v) is 9.31. The summed E-state index contributed by atoms with van der Waals surface area (Å²) >= 11 is 0. The summed E-state index contributed by atoms with van der Waals surface area (Å²) in [4.78, 5) is 0. The average molecular weight is 447 g/mol. The van der Waals surface area contributed by atoms with Crippen molar-refractivity contribution in [2.75, 3.05) is 14.2 Å². The molecule has 0 radical (unpaired) electrons. The number of halogens is 1. The highest BCUT2D eigenvalue weighted by atomic mass is 19.1. The quantitative estimate of drug-likeness (QED) is 0.353. The third kappa shape index (κ3) is 4.51. The maximum atomic E-state index is 13.7. The Morgan fingerprint density at radius 1 is 0.879 bits per heavy atom. The van der Waals surface area contributed by atoms with Gasteiger partial charge in [-0.2, -0.15) is 0 Å². The molecule has 3 heteroatoms. The Labute approximate surface area is 197 Å². The Morgan fingerprint density at radius 3 is 2.15 bits per heavy atom. The normalized spacial score (nSPS) is 22.0. The van der Waals surface area contributed by atoms with Crippen molar-refractivity contribution in [2.45, 2.75) is 57.8 Å². The van der Waals surface area contributed by atoms with E-state index in [1.54, 1.807) is 26.4 Å². The van der Waals surface area contributed by atoms with Crippen molar-refractivity contribution in [1.29, 1.82) is 0 Å². The van der Waals surface area contributed by atoms with E-state index in [1.165, 1.54) is 22.3 Å². The number of hydrogen-bond donors (Lipinski definition) is 0. The van der Waals surface area contributed by atoms with Crippen molar-refractivity contribution >= 4 is 0 Å². The zero-order valence-corrected chi connectivity index (χ0v) is 20.2. The molecule has 4 rings (SSSR count). The van der Waals surface area contributed by atoms with Crippen LogP contribution < -0.4 is 9.47 Å². The maximum absolute atomic E-state index is 13.7. The van der Waals surface area contributed by atoms with Crippen molar-refractivity contribution in [3.63, 3.8) is 0 Å². The van der Waals surface area contributed by atoms with E-state index in [0.717, 1.165) is 43.6 Å². The number of benzene rings is 3. The summed E-state index contributed by atoms with van der Waals surface area (Å²) in [6.07, 6.45) is 5.25. The molecule has 0 fully saturated rings. The first-order valence-corrected chi connectivity index (χ1v) is 12.1. The first-order valence-electron chi connectivity index (χ1n) is 12.1. The summed E-state index contributed by atoms with van der Waals surface area (Å²) in [5.41, 5.74) is 5.43. The molecule has 2 nitrogen and oxygen atoms in total. The van der Waals surface area contributed by atoms with Crippen LogP contribution in [-0.2, 0) is 12.8 Å². The van der Waals surface area contributed by atoms with E-state index in [0.29, 0.717) is 11.8 Å². The van der Waals surface area contributed by atoms with E-state index >= 15 is 0 Å². The summed E-state index contributed by atoms with van der Waals surface area (Å²) in [5.74, 6) is 2.33. The van der Waals surface area contributed by atoms with Gasteiger partial charge in [0.15, 0.2) is 0 Å². The van der Waals surface area contributed by atoms with E-state index < -0.39 is 0 Å². The van der Waals surface area contributed by atoms with Crippen LogP contribution in [0.5, 0.6) is 11.5 Å². The molecule has 3 atom stereocenters. The second-order valence-electron chi connectivity index (χ2n) is 9.31. The van der Waals surface area contributed by atoms with Crippen LogP contribution in [0.4, 0.5) is 4.39 Å². The minimum atomic E-state index is -0.184. The minimum Gasteiger partial charge on any atom is -0.497 e. The van der Waals surface area contributed by atoms with Gasteiger partial charge in [-0.05, 0) is 102 Å². The van der Waals surface area contributed by atoms with Crippen LogP contribution in [0.15, 0.2) is 66.7 Å². The molecule has 3 aromatic rings. The molecule has 174 valence electrons. The third-order valence-electron chi connectivity index (χ3n) is 7.79. The van der Waals surface area contributed by atoms with Gasteiger partial charge < -0.3 is 9.47 Å². The van der Waals surface area contributed by atoms with Crippen LogP contribution in [0.25, 0.3) is 0 Å². The van der Waals surface area contributed by atoms with Crippen LogP contribution >= 0.6 is 0 Å². The molecule has 0 spiro atoms. The van der Waals surface area contributed by atoms with E-state index in [2.05, 4.69) is 56.3 Å². The first kappa shape index (κ1) is 23.4. The molecule has 0 N–H and O–H groups in total. The Morgan fingerprint density at radius 2 is 1.55 bits per heavy atom. The molecule has 0 heterocycles. The van der Waals surface area contributed by atoms with E-state index in [-0.39, 0.29) is 11.2 Å². The second kappa shape index (κ2) is 9.99. The smallest absolute Gasteiger partial charge is 0.123 e. The highest BCUT2D eigenvalue weighted by Crippen LogP contribution is 2.59. The molecule has 0 aliphatic heterocycles. The molecule has 1 aliphatic carbocycles. The molecule has 33 heavy (non-hydrogen) atoms. The van der Waals surface area contributed by atoms with E-state index in [1.807, 2.05) is 12.1 Å². The number of rotatable bonds is 8. The first-order chi connectivity index (χ1) is 16.0. The van der Waals surface area contributed by atoms with Gasteiger partial charge in [-0.3, -0.25) is 0 Å². The Balaban J connectivity index is 1.88. The fraction of sp³-hybridized carbons (Fsp3) is 0.400. The summed E-state index contributed by atoms with van der Waals surface area (Å²) in [7, 11) is 3.45. The molecule has 0 aromatic heterocycles. The lowest BCUT2D eigenvalue weighted by Gasteiger charge is -2.51. The fourth-order valence-corrected chi connectivity index (χ4v) is 6.12. The summed E-state index contributed by atoms with van der Waals surface area (Å²) in [5, 5.41) is 0. The van der Waals surface area contributed by atoms with Gasteiger partial charge in [-0.25, -0.2) is 4.39 Å². The van der Waals surface area contributed by atoms with E-state index in [4.69, 9.17) is 9.47 Å². The van der Waals surface area contributed by atoms with Crippen molar-refractivity contribution in [2.24, 2.45) is 5.41 Å². The van der Waals surface area contributed by atoms with Gasteiger partial charge in [0, 0.05) is 0 Å². The van der Waals surface area contributed by atoms with Gasteiger partial charge in [-0.1, -0.05) is 50.6 Å². The lowest BCUT2D eigenvalue weighted by Crippen LogP contribution is -2.41. The maximum Gasteiger partial charge on any atom is 0.123 e. The zero-order valence-electron chi connectivity index (χ0n) is 20.2. The SMILES string of the molecule is CCCC1(CC)C(c2ccc(OC)cc2)Cc2ccc(OC)cc2C1Cc1ccc(F)cc1. The van der Waals surface area contributed by atoms with Crippen LogP contribution in [0.1, 0.15) is 67.2 Å². The van der Waals surface area contributed by atoms with Gasteiger partial charge in [0.2, 0.25) is 0 Å². The monoisotopic (exact) mass is 446 g/mol. The lowest BCUT2D eigenvalue weighted by molar-refractivity contribution is 0.124. The van der Waals surface area contributed by atoms with Gasteiger partial charge in [-0.15, -0.1) is 0 Å². The molecule has 0 saturated heterocycles. The van der Waals surface area contributed by atoms with Crippen LogP contribution in [0, 0.1) is 11.2 Å². The molecule has 3 aromatic carbocycles. The molecule has 3 unspecified atom stereocenters. The Hall–Kier alpha value is -2.81. The minimum absolute atomic E-state index is 0.0943. The standard InChI is InChI=1S/C30H35FO2/c1-5-17-30(6-2)28(22-9-14-25(32-3)15-10-22)19-23-11-16-26(33-4)20-27(23)29(30)18-21-7-12-24(31)13-8-21/h7-16,20,28-29H,5-6,17-19H2,1-4H3. The van der Waals surface area contributed by atoms with Crippen LogP contribution in [0.2, 0.25) is 0 Å². The Kier molecular flexibility index (Phi) is 7.07. The molecular formula is C30H35FO2. The predicted octanol–water partition coefficient (Wildman–Crippen LogP) is 7.71. The zero-order chi connectivity index (χ0) is 23.4. The van der Waals surface area contributed by atoms with Gasteiger partial charge in [0.25, 0.3) is 0 Å². The van der Waals surface area contributed by atoms with Gasteiger partial charge >= 0.3 is 0 Å². The number of methoxy groups -OCH3 is 2. The average Bonchev–Trinajstić information content (AvgIpc) is 2.86. The predicted molar refractivity (Wildman–Crippen MR) is 133 cm³/mol. The summed E-state index contributed by atoms with van der Waals surface area (Å²) in [6, 6.07) is 22.3. The van der Waals surface area contributed by atoms with Crippen molar-refractivity contribution in [3.8, 4) is 11.5 Å².